The molecule has 0 spiro atoms. The van der Waals surface area contributed by atoms with Crippen LogP contribution in [0.5, 0.6) is 0 Å². The number of hydrogen-bond acceptors (Lipinski definition) is 2. The van der Waals surface area contributed by atoms with Crippen molar-refractivity contribution in [2.45, 2.75) is 19.3 Å². The second kappa shape index (κ2) is 12.3. The highest BCUT2D eigenvalue weighted by atomic mass is 32.1. The molecule has 1 heterocycles. The molecule has 9 aromatic carbocycles. The summed E-state index contributed by atoms with van der Waals surface area (Å²) >= 11 is 1.89. The third kappa shape index (κ3) is 5.13. The van der Waals surface area contributed by atoms with E-state index in [1.807, 2.05) is 11.3 Å². The molecular formula is C53H37NS. The lowest BCUT2D eigenvalue weighted by atomic mass is 9.82. The molecule has 1 aliphatic carbocycles. The van der Waals surface area contributed by atoms with Gasteiger partial charge >= 0.3 is 0 Å². The first-order valence-corrected chi connectivity index (χ1v) is 19.9. The largest absolute Gasteiger partial charge is 0.309 e. The Hall–Kier alpha value is -6.48. The van der Waals surface area contributed by atoms with Crippen molar-refractivity contribution in [1.29, 1.82) is 0 Å². The molecule has 0 saturated carbocycles. The Bertz CT molecular complexity index is 3130. The van der Waals surface area contributed by atoms with Gasteiger partial charge in [-0.05, 0) is 121 Å². The summed E-state index contributed by atoms with van der Waals surface area (Å²) in [5.41, 5.74) is 13.6. The highest BCUT2D eigenvalue weighted by Gasteiger charge is 2.36. The third-order valence-electron chi connectivity index (χ3n) is 11.8. The summed E-state index contributed by atoms with van der Waals surface area (Å²) in [6.07, 6.45) is 0. The minimum atomic E-state index is -0.118. The molecule has 1 aliphatic rings. The maximum absolute atomic E-state index is 2.51. The average molecular weight is 720 g/mol. The lowest BCUT2D eigenvalue weighted by molar-refractivity contribution is 0.660. The summed E-state index contributed by atoms with van der Waals surface area (Å²) in [7, 11) is 0. The molecule has 1 nitrogen and oxygen atoms in total. The van der Waals surface area contributed by atoms with Crippen LogP contribution in [0.15, 0.2) is 188 Å². The molecule has 260 valence electrons. The van der Waals surface area contributed by atoms with E-state index in [-0.39, 0.29) is 5.41 Å². The molecular weight excluding hydrogens is 683 g/mol. The molecule has 11 rings (SSSR count). The van der Waals surface area contributed by atoms with E-state index in [1.165, 1.54) is 91.9 Å². The van der Waals surface area contributed by atoms with Gasteiger partial charge in [-0.3, -0.25) is 0 Å². The highest BCUT2D eigenvalue weighted by molar-refractivity contribution is 7.26. The SMILES string of the molecule is CC1(C)c2ccccc2-c2ccc(N(c3ccc(-c4ccc5ccccc5c4)cc3)c3cc(-c4ccc5ccccc5c4)cc4c3sc3ccccc34)cc21. The average Bonchev–Trinajstić information content (AvgIpc) is 3.72. The van der Waals surface area contributed by atoms with Gasteiger partial charge in [0.2, 0.25) is 0 Å². The lowest BCUT2D eigenvalue weighted by Gasteiger charge is -2.29. The van der Waals surface area contributed by atoms with E-state index in [1.54, 1.807) is 0 Å². The van der Waals surface area contributed by atoms with Crippen molar-refractivity contribution in [3.8, 4) is 33.4 Å². The van der Waals surface area contributed by atoms with Crippen LogP contribution in [0.3, 0.4) is 0 Å². The molecule has 0 saturated heterocycles. The topological polar surface area (TPSA) is 3.24 Å². The Balaban J connectivity index is 1.15. The molecule has 55 heavy (non-hydrogen) atoms. The van der Waals surface area contributed by atoms with Gasteiger partial charge < -0.3 is 4.90 Å². The molecule has 0 radical (unpaired) electrons. The van der Waals surface area contributed by atoms with E-state index >= 15 is 0 Å². The van der Waals surface area contributed by atoms with Crippen LogP contribution < -0.4 is 4.90 Å². The van der Waals surface area contributed by atoms with Gasteiger partial charge in [-0.15, -0.1) is 11.3 Å². The van der Waals surface area contributed by atoms with Crippen molar-refractivity contribution in [2.75, 3.05) is 4.90 Å². The van der Waals surface area contributed by atoms with Crippen LogP contribution in [-0.2, 0) is 5.41 Å². The minimum Gasteiger partial charge on any atom is -0.309 e. The molecule has 0 aliphatic heterocycles. The second-order valence-electron chi connectivity index (χ2n) is 15.4. The van der Waals surface area contributed by atoms with Crippen LogP contribution >= 0.6 is 11.3 Å². The summed E-state index contributed by atoms with van der Waals surface area (Å²) in [5, 5.41) is 7.60. The zero-order chi connectivity index (χ0) is 36.7. The third-order valence-corrected chi connectivity index (χ3v) is 13.0. The van der Waals surface area contributed by atoms with Crippen molar-refractivity contribution in [1.82, 2.24) is 0 Å². The maximum Gasteiger partial charge on any atom is 0.0646 e. The Morgan fingerprint density at radius 3 is 1.73 bits per heavy atom. The van der Waals surface area contributed by atoms with Gasteiger partial charge in [0, 0.05) is 32.3 Å². The summed E-state index contributed by atoms with van der Waals surface area (Å²) in [6, 6.07) is 69.8. The second-order valence-corrected chi connectivity index (χ2v) is 16.4. The van der Waals surface area contributed by atoms with Crippen LogP contribution in [0, 0.1) is 0 Å². The van der Waals surface area contributed by atoms with Gasteiger partial charge in [0.1, 0.15) is 0 Å². The number of fused-ring (bicyclic) bond motifs is 8. The number of rotatable bonds is 5. The van der Waals surface area contributed by atoms with E-state index in [2.05, 4.69) is 207 Å². The van der Waals surface area contributed by atoms with Crippen molar-refractivity contribution in [2.24, 2.45) is 0 Å². The zero-order valence-corrected chi connectivity index (χ0v) is 31.6. The quantitative estimate of drug-likeness (QED) is 0.171. The van der Waals surface area contributed by atoms with E-state index < -0.39 is 0 Å². The fourth-order valence-corrected chi connectivity index (χ4v) is 10.1. The summed E-state index contributed by atoms with van der Waals surface area (Å²) in [5.74, 6) is 0. The molecule has 1 aromatic heterocycles. The fraction of sp³-hybridized carbons (Fsp3) is 0.0566. The van der Waals surface area contributed by atoms with E-state index in [9.17, 15) is 0 Å². The van der Waals surface area contributed by atoms with Gasteiger partial charge in [-0.25, -0.2) is 0 Å². The van der Waals surface area contributed by atoms with Crippen molar-refractivity contribution >= 4 is 70.1 Å². The molecule has 0 atom stereocenters. The van der Waals surface area contributed by atoms with Crippen molar-refractivity contribution < 1.29 is 0 Å². The van der Waals surface area contributed by atoms with Gasteiger partial charge in [0.05, 0.1) is 10.4 Å². The lowest BCUT2D eigenvalue weighted by Crippen LogP contribution is -2.16. The standard InChI is InChI=1S/C53H37NS/c1-53(2)48-17-9-7-15-44(48)45-28-27-43(33-49(45)53)54(42-25-23-36(24-26-42)39-21-19-34-11-3-5-13-37(34)29-39)50-32-41(40-22-20-35-12-4-6-14-38(35)30-40)31-47-46-16-8-10-18-51(46)55-52(47)50/h3-33H,1-2H3. The van der Waals surface area contributed by atoms with Crippen LogP contribution in [0.1, 0.15) is 25.0 Å². The molecule has 0 unspecified atom stereocenters. The Kier molecular flexibility index (Phi) is 7.14. The molecule has 10 aromatic rings. The predicted octanol–water partition coefficient (Wildman–Crippen LogP) is 15.5. The summed E-state index contributed by atoms with van der Waals surface area (Å²) < 4.78 is 2.58. The van der Waals surface area contributed by atoms with Crippen LogP contribution in [-0.4, -0.2) is 0 Å². The fourth-order valence-electron chi connectivity index (χ4n) is 8.94. The Morgan fingerprint density at radius 2 is 0.982 bits per heavy atom. The van der Waals surface area contributed by atoms with E-state index in [0.29, 0.717) is 0 Å². The smallest absolute Gasteiger partial charge is 0.0646 e. The molecule has 0 N–H and O–H groups in total. The van der Waals surface area contributed by atoms with Gasteiger partial charge in [-0.1, -0.05) is 147 Å². The number of hydrogen-bond donors (Lipinski definition) is 0. The zero-order valence-electron chi connectivity index (χ0n) is 30.8. The number of benzene rings is 9. The van der Waals surface area contributed by atoms with E-state index in [0.717, 1.165) is 11.4 Å². The van der Waals surface area contributed by atoms with Crippen LogP contribution in [0.25, 0.3) is 75.1 Å². The normalized spacial score (nSPS) is 13.1. The Labute approximate surface area is 325 Å². The summed E-state index contributed by atoms with van der Waals surface area (Å²) in [6.45, 7) is 4.74. The first kappa shape index (κ1) is 32.0. The summed E-state index contributed by atoms with van der Waals surface area (Å²) in [4.78, 5) is 2.51. The first-order valence-electron chi connectivity index (χ1n) is 19.1. The maximum atomic E-state index is 2.51. The highest BCUT2D eigenvalue weighted by Crippen LogP contribution is 2.52. The van der Waals surface area contributed by atoms with Crippen molar-refractivity contribution in [3.63, 3.8) is 0 Å². The monoisotopic (exact) mass is 719 g/mol. The number of thiophene rings is 1. The Morgan fingerprint density at radius 1 is 0.400 bits per heavy atom. The molecule has 0 amide bonds. The number of nitrogens with zero attached hydrogens (tertiary/aromatic N) is 1. The number of anilines is 3. The van der Waals surface area contributed by atoms with Gasteiger partial charge in [-0.2, -0.15) is 0 Å². The first-order chi connectivity index (χ1) is 27.0. The van der Waals surface area contributed by atoms with Gasteiger partial charge in [0.15, 0.2) is 0 Å². The predicted molar refractivity (Wildman–Crippen MR) is 237 cm³/mol. The van der Waals surface area contributed by atoms with Crippen molar-refractivity contribution in [3.05, 3.63) is 199 Å². The molecule has 2 heteroatoms. The van der Waals surface area contributed by atoms with Gasteiger partial charge in [0.25, 0.3) is 0 Å². The van der Waals surface area contributed by atoms with E-state index in [4.69, 9.17) is 0 Å². The minimum absolute atomic E-state index is 0.118. The van der Waals surface area contributed by atoms with Crippen LogP contribution in [0.2, 0.25) is 0 Å². The molecule has 0 bridgehead atoms. The molecule has 0 fully saturated rings. The van der Waals surface area contributed by atoms with Crippen LogP contribution in [0.4, 0.5) is 17.1 Å².